The minimum atomic E-state index is 0.585. The summed E-state index contributed by atoms with van der Waals surface area (Å²) in [7, 11) is 0. The zero-order chi connectivity index (χ0) is 37.7. The smallest absolute Gasteiger partial charge is 0.227 e. The van der Waals surface area contributed by atoms with Gasteiger partial charge in [0.05, 0.1) is 0 Å². The van der Waals surface area contributed by atoms with Gasteiger partial charge >= 0.3 is 0 Å². The van der Waals surface area contributed by atoms with Crippen molar-refractivity contribution in [2.75, 3.05) is 0 Å². The molecule has 0 saturated carbocycles. The lowest BCUT2D eigenvalue weighted by Gasteiger charge is -2.14. The van der Waals surface area contributed by atoms with E-state index < -0.39 is 0 Å². The van der Waals surface area contributed by atoms with E-state index in [2.05, 4.69) is 152 Å². The van der Waals surface area contributed by atoms with Crippen molar-refractivity contribution in [3.63, 3.8) is 0 Å². The van der Waals surface area contributed by atoms with Crippen molar-refractivity contribution >= 4 is 43.4 Å². The number of hydrogen-bond acceptors (Lipinski definition) is 5. The van der Waals surface area contributed by atoms with Crippen LogP contribution in [0, 0.1) is 0 Å². The molecule has 266 valence electrons. The Morgan fingerprint density at radius 2 is 0.807 bits per heavy atom. The molecule has 5 heteroatoms. The van der Waals surface area contributed by atoms with Crippen molar-refractivity contribution in [3.05, 3.63) is 194 Å². The molecular formula is C52H32N4O. The van der Waals surface area contributed by atoms with Crippen LogP contribution in [0.15, 0.2) is 199 Å². The van der Waals surface area contributed by atoms with Gasteiger partial charge in [-0.1, -0.05) is 158 Å². The fourth-order valence-electron chi connectivity index (χ4n) is 7.89. The summed E-state index contributed by atoms with van der Waals surface area (Å²) in [6, 6.07) is 67.1. The van der Waals surface area contributed by atoms with Crippen LogP contribution in [0.1, 0.15) is 0 Å². The summed E-state index contributed by atoms with van der Waals surface area (Å²) in [6.45, 7) is 0. The molecule has 0 aliphatic rings. The minimum Gasteiger partial charge on any atom is -0.435 e. The Balaban J connectivity index is 1.11. The van der Waals surface area contributed by atoms with Crippen LogP contribution in [-0.2, 0) is 0 Å². The Labute approximate surface area is 328 Å². The topological polar surface area (TPSA) is 64.7 Å². The molecule has 5 nitrogen and oxygen atoms in total. The minimum absolute atomic E-state index is 0.585. The highest BCUT2D eigenvalue weighted by molar-refractivity contribution is 6.12. The number of rotatable bonds is 6. The molecule has 0 aliphatic carbocycles. The molecule has 0 unspecified atom stereocenters. The summed E-state index contributed by atoms with van der Waals surface area (Å²) in [5.74, 6) is 2.38. The van der Waals surface area contributed by atoms with Gasteiger partial charge in [0, 0.05) is 27.6 Å². The van der Waals surface area contributed by atoms with Crippen molar-refractivity contribution < 1.29 is 4.42 Å². The summed E-state index contributed by atoms with van der Waals surface area (Å²) < 4.78 is 6.58. The van der Waals surface area contributed by atoms with E-state index in [0.717, 1.165) is 77.2 Å². The molecule has 0 saturated heterocycles. The van der Waals surface area contributed by atoms with E-state index in [0.29, 0.717) is 23.4 Å². The molecule has 57 heavy (non-hydrogen) atoms. The molecule has 0 bridgehead atoms. The SMILES string of the molecule is c1ccc(-c2nc3ccc4cccc(-c5ccccc5-c5nc(-c6cccc(-c7ccc8ccccc8c7)c6)nc(-c6ccc7ccccc7c6)n5)c4c3o2)cc1. The molecule has 0 fully saturated rings. The molecule has 0 atom stereocenters. The molecule has 2 aromatic heterocycles. The number of aromatic nitrogens is 4. The van der Waals surface area contributed by atoms with E-state index >= 15 is 0 Å². The average Bonchev–Trinajstić information content (AvgIpc) is 3.74. The van der Waals surface area contributed by atoms with Gasteiger partial charge in [0.15, 0.2) is 23.1 Å². The first-order chi connectivity index (χ1) is 28.2. The predicted octanol–water partition coefficient (Wildman–Crippen LogP) is 13.5. The van der Waals surface area contributed by atoms with Gasteiger partial charge in [-0.05, 0) is 85.6 Å². The fourth-order valence-corrected chi connectivity index (χ4v) is 7.89. The Morgan fingerprint density at radius 3 is 1.58 bits per heavy atom. The van der Waals surface area contributed by atoms with Crippen LogP contribution in [0.4, 0.5) is 0 Å². The molecule has 11 aromatic rings. The van der Waals surface area contributed by atoms with E-state index in [9.17, 15) is 0 Å². The standard InChI is InChI=1S/C52H32N4O/c1-2-14-36(15-3-1)52-53-46-29-28-35-18-11-23-44(47(35)48(46)57-52)43-21-8-9-22-45(43)51-55-49(54-50(56-51)42-27-25-34-13-5-7-17-38(34)31-42)41-20-10-19-39(32-41)40-26-24-33-12-4-6-16-37(33)30-40/h1-32H. The summed E-state index contributed by atoms with van der Waals surface area (Å²) in [5.41, 5.74) is 9.43. The zero-order valence-electron chi connectivity index (χ0n) is 30.7. The molecule has 0 spiro atoms. The third-order valence-corrected chi connectivity index (χ3v) is 10.7. The van der Waals surface area contributed by atoms with E-state index in [1.807, 2.05) is 42.5 Å². The summed E-state index contributed by atoms with van der Waals surface area (Å²) in [5, 5.41) is 6.75. The molecule has 9 aromatic carbocycles. The molecular weight excluding hydrogens is 697 g/mol. The van der Waals surface area contributed by atoms with E-state index in [4.69, 9.17) is 24.4 Å². The summed E-state index contributed by atoms with van der Waals surface area (Å²) in [6.07, 6.45) is 0. The summed E-state index contributed by atoms with van der Waals surface area (Å²) >= 11 is 0. The molecule has 0 amide bonds. The lowest BCUT2D eigenvalue weighted by atomic mass is 9.93. The number of nitrogens with zero attached hydrogens (tertiary/aromatic N) is 4. The largest absolute Gasteiger partial charge is 0.435 e. The highest BCUT2D eigenvalue weighted by atomic mass is 16.3. The lowest BCUT2D eigenvalue weighted by Crippen LogP contribution is -2.01. The number of oxazole rings is 1. The number of hydrogen-bond donors (Lipinski definition) is 0. The fraction of sp³-hybridized carbons (Fsp3) is 0. The van der Waals surface area contributed by atoms with Crippen LogP contribution < -0.4 is 0 Å². The van der Waals surface area contributed by atoms with Gasteiger partial charge in [0.1, 0.15) is 5.52 Å². The van der Waals surface area contributed by atoms with Crippen LogP contribution in [-0.4, -0.2) is 19.9 Å². The number of fused-ring (bicyclic) bond motifs is 5. The first-order valence-corrected chi connectivity index (χ1v) is 19.0. The first kappa shape index (κ1) is 32.7. The second kappa shape index (κ2) is 13.5. The first-order valence-electron chi connectivity index (χ1n) is 19.0. The van der Waals surface area contributed by atoms with Crippen LogP contribution >= 0.6 is 0 Å². The molecule has 0 N–H and O–H groups in total. The van der Waals surface area contributed by atoms with Gasteiger partial charge in [0.25, 0.3) is 0 Å². The van der Waals surface area contributed by atoms with Gasteiger partial charge < -0.3 is 4.42 Å². The Kier molecular flexibility index (Phi) is 7.74. The molecule has 2 heterocycles. The summed E-state index contributed by atoms with van der Waals surface area (Å²) in [4.78, 5) is 20.6. The normalized spacial score (nSPS) is 11.5. The van der Waals surface area contributed by atoms with Gasteiger partial charge in [-0.25, -0.2) is 19.9 Å². The van der Waals surface area contributed by atoms with Gasteiger partial charge in [-0.2, -0.15) is 0 Å². The molecule has 11 rings (SSSR count). The molecule has 0 radical (unpaired) electrons. The van der Waals surface area contributed by atoms with E-state index in [-0.39, 0.29) is 0 Å². The maximum Gasteiger partial charge on any atom is 0.227 e. The van der Waals surface area contributed by atoms with Crippen LogP contribution in [0.3, 0.4) is 0 Å². The van der Waals surface area contributed by atoms with Crippen molar-refractivity contribution in [3.8, 4) is 67.9 Å². The van der Waals surface area contributed by atoms with E-state index in [1.165, 1.54) is 10.8 Å². The van der Waals surface area contributed by atoms with E-state index in [1.54, 1.807) is 0 Å². The average molecular weight is 729 g/mol. The highest BCUT2D eigenvalue weighted by Crippen LogP contribution is 2.40. The number of benzene rings is 9. The van der Waals surface area contributed by atoms with Crippen LogP contribution in [0.5, 0.6) is 0 Å². The van der Waals surface area contributed by atoms with Crippen molar-refractivity contribution in [2.45, 2.75) is 0 Å². The highest BCUT2D eigenvalue weighted by Gasteiger charge is 2.20. The van der Waals surface area contributed by atoms with Crippen LogP contribution in [0.25, 0.3) is 111 Å². The second-order valence-electron chi connectivity index (χ2n) is 14.3. The quantitative estimate of drug-likeness (QED) is 0.171. The zero-order valence-corrected chi connectivity index (χ0v) is 30.7. The molecule has 0 aliphatic heterocycles. The maximum absolute atomic E-state index is 6.58. The maximum atomic E-state index is 6.58. The van der Waals surface area contributed by atoms with Gasteiger partial charge in [-0.15, -0.1) is 0 Å². The third-order valence-electron chi connectivity index (χ3n) is 10.7. The lowest BCUT2D eigenvalue weighted by molar-refractivity contribution is 0.623. The predicted molar refractivity (Wildman–Crippen MR) is 233 cm³/mol. The van der Waals surface area contributed by atoms with Crippen molar-refractivity contribution in [1.29, 1.82) is 0 Å². The monoisotopic (exact) mass is 728 g/mol. The second-order valence-corrected chi connectivity index (χ2v) is 14.3. The van der Waals surface area contributed by atoms with Crippen molar-refractivity contribution in [2.24, 2.45) is 0 Å². The Bertz CT molecular complexity index is 3310. The van der Waals surface area contributed by atoms with Crippen LogP contribution in [0.2, 0.25) is 0 Å². The van der Waals surface area contributed by atoms with Gasteiger partial charge in [0.2, 0.25) is 5.89 Å². The van der Waals surface area contributed by atoms with Crippen molar-refractivity contribution in [1.82, 2.24) is 19.9 Å². The Morgan fingerprint density at radius 1 is 0.298 bits per heavy atom. The Hall–Kier alpha value is -7.76. The van der Waals surface area contributed by atoms with Gasteiger partial charge in [-0.3, -0.25) is 0 Å². The third kappa shape index (κ3) is 5.90.